The van der Waals surface area contributed by atoms with Crippen molar-refractivity contribution in [1.29, 1.82) is 0 Å². The van der Waals surface area contributed by atoms with Gasteiger partial charge in [0.1, 0.15) is 5.69 Å². The summed E-state index contributed by atoms with van der Waals surface area (Å²) >= 11 is 0. The predicted octanol–water partition coefficient (Wildman–Crippen LogP) is -4.76. The average Bonchev–Trinajstić information content (AvgIpc) is 2.66. The van der Waals surface area contributed by atoms with E-state index in [9.17, 15) is 9.90 Å². The van der Waals surface area contributed by atoms with Crippen LogP contribution < -0.4 is 45.1 Å². The molecule has 5 N–H and O–H groups in total. The minimum Gasteiger partial charge on any atom is -1.00 e. The molecule has 1 aliphatic heterocycles. The number of aromatic amines is 1. The number of nitrogens with zero attached hydrogens (tertiary/aromatic N) is 3. The van der Waals surface area contributed by atoms with Crippen molar-refractivity contribution in [3.05, 3.63) is 10.4 Å². The quantitative estimate of drug-likeness (QED) is 0.221. The molecule has 1 aromatic heterocycles. The molecule has 0 bridgehead atoms. The highest BCUT2D eigenvalue weighted by Crippen LogP contribution is 2.30. The Balaban J connectivity index is 0.00000200. The number of rotatable bonds is 5. The van der Waals surface area contributed by atoms with E-state index in [0.717, 1.165) is 0 Å². The van der Waals surface area contributed by atoms with Crippen LogP contribution >= 0.6 is 0 Å². The third-order valence-corrected chi connectivity index (χ3v) is 2.75. The van der Waals surface area contributed by atoms with Crippen LogP contribution in [0.4, 0.5) is 17.5 Å². The standard InChI is InChI=1S/C10H17N5O4.HI/c1-14-5-15(10(18)19-4-2-3-16)7-6(14)8(17)13-9(11)12-7;/h10,16,18H,2-5H2,1H3,(H3,11,12,13,17);1H/p-1. The molecule has 0 fully saturated rings. The molecule has 1 aromatic rings. The minimum absolute atomic E-state index is 0. The van der Waals surface area contributed by atoms with Crippen molar-refractivity contribution < 1.29 is 38.9 Å². The van der Waals surface area contributed by atoms with Crippen molar-refractivity contribution >= 4 is 17.5 Å². The summed E-state index contributed by atoms with van der Waals surface area (Å²) in [5, 5.41) is 18.6. The van der Waals surface area contributed by atoms with E-state index in [2.05, 4.69) is 9.97 Å². The second kappa shape index (κ2) is 7.06. The number of nitrogen functional groups attached to an aromatic ring is 1. The molecular formula is C10H17IN5O4-. The van der Waals surface area contributed by atoms with E-state index in [1.165, 1.54) is 4.90 Å². The van der Waals surface area contributed by atoms with E-state index in [4.69, 9.17) is 15.6 Å². The zero-order chi connectivity index (χ0) is 14.0. The van der Waals surface area contributed by atoms with E-state index in [1.807, 2.05) is 0 Å². The van der Waals surface area contributed by atoms with Crippen molar-refractivity contribution in [3.8, 4) is 0 Å². The van der Waals surface area contributed by atoms with Gasteiger partial charge in [0.2, 0.25) is 12.4 Å². The van der Waals surface area contributed by atoms with Crippen molar-refractivity contribution in [3.63, 3.8) is 0 Å². The number of fused-ring (bicyclic) bond motifs is 1. The maximum atomic E-state index is 11.8. The average molecular weight is 398 g/mol. The van der Waals surface area contributed by atoms with E-state index >= 15 is 0 Å². The SMILES string of the molecule is CN1CN(C(O)OCCCO)c2nc(N)[nH]c(=O)c21.[I-]. The van der Waals surface area contributed by atoms with E-state index in [0.29, 0.717) is 12.1 Å². The number of aromatic nitrogens is 2. The fourth-order valence-corrected chi connectivity index (χ4v) is 1.90. The highest BCUT2D eigenvalue weighted by Gasteiger charge is 2.32. The van der Waals surface area contributed by atoms with E-state index in [1.54, 1.807) is 11.9 Å². The lowest BCUT2D eigenvalue weighted by molar-refractivity contribution is -0.101. The normalized spacial score (nSPS) is 14.9. The molecule has 0 saturated carbocycles. The van der Waals surface area contributed by atoms with Crippen LogP contribution in [0.1, 0.15) is 6.42 Å². The fraction of sp³-hybridized carbons (Fsp3) is 0.600. The lowest BCUT2D eigenvalue weighted by Crippen LogP contribution is -3.00. The molecule has 114 valence electrons. The highest BCUT2D eigenvalue weighted by molar-refractivity contribution is 5.72. The third kappa shape index (κ3) is 3.31. The number of hydrogen-bond donors (Lipinski definition) is 4. The number of nitrogens with one attached hydrogen (secondary N) is 1. The topological polar surface area (TPSA) is 128 Å². The van der Waals surface area contributed by atoms with Crippen LogP contribution in [0.5, 0.6) is 0 Å². The van der Waals surface area contributed by atoms with Crippen molar-refractivity contribution in [2.45, 2.75) is 12.8 Å². The van der Waals surface area contributed by atoms with Gasteiger partial charge in [0, 0.05) is 13.7 Å². The summed E-state index contributed by atoms with van der Waals surface area (Å²) in [4.78, 5) is 21.2. The van der Waals surface area contributed by atoms with Crippen molar-refractivity contribution in [2.75, 3.05) is 42.5 Å². The van der Waals surface area contributed by atoms with Crippen LogP contribution in [0, 0.1) is 0 Å². The van der Waals surface area contributed by atoms with E-state index in [-0.39, 0.29) is 61.2 Å². The van der Waals surface area contributed by atoms with Crippen LogP contribution in [0.25, 0.3) is 0 Å². The number of halogens is 1. The Hall–Kier alpha value is -1.11. The number of nitrogens with two attached hydrogens (primary N) is 1. The summed E-state index contributed by atoms with van der Waals surface area (Å²) in [6.45, 7) is 0.440. The maximum Gasteiger partial charge on any atom is 0.278 e. The van der Waals surface area contributed by atoms with Gasteiger partial charge in [-0.1, -0.05) is 0 Å². The van der Waals surface area contributed by atoms with Crippen LogP contribution in [-0.2, 0) is 4.74 Å². The largest absolute Gasteiger partial charge is 1.00 e. The second-order valence-electron chi connectivity index (χ2n) is 4.21. The summed E-state index contributed by atoms with van der Waals surface area (Å²) in [6.07, 6.45) is -0.831. The maximum absolute atomic E-state index is 11.8. The van der Waals surface area contributed by atoms with Crippen molar-refractivity contribution in [2.24, 2.45) is 0 Å². The Morgan fingerprint density at radius 2 is 2.30 bits per heavy atom. The van der Waals surface area contributed by atoms with Gasteiger partial charge in [0.05, 0.1) is 13.3 Å². The fourth-order valence-electron chi connectivity index (χ4n) is 1.90. The minimum atomic E-state index is -1.25. The summed E-state index contributed by atoms with van der Waals surface area (Å²) in [5.41, 5.74) is 5.46. The van der Waals surface area contributed by atoms with E-state index < -0.39 is 6.41 Å². The molecule has 0 radical (unpaired) electrons. The Morgan fingerprint density at radius 1 is 1.60 bits per heavy atom. The van der Waals surface area contributed by atoms with Gasteiger partial charge in [0.25, 0.3) is 5.56 Å². The van der Waals surface area contributed by atoms with Gasteiger partial charge in [-0.05, 0) is 6.42 Å². The molecule has 0 aliphatic carbocycles. The van der Waals surface area contributed by atoms with Gasteiger partial charge in [-0.15, -0.1) is 0 Å². The summed E-state index contributed by atoms with van der Waals surface area (Å²) < 4.78 is 5.15. The number of ether oxygens (including phenoxy) is 1. The number of hydrogen-bond acceptors (Lipinski definition) is 8. The third-order valence-electron chi connectivity index (χ3n) is 2.75. The molecule has 0 amide bonds. The smallest absolute Gasteiger partial charge is 0.278 e. The first kappa shape index (κ1) is 16.9. The van der Waals surface area contributed by atoms with Crippen LogP contribution in [0.3, 0.4) is 0 Å². The number of anilines is 3. The second-order valence-corrected chi connectivity index (χ2v) is 4.21. The van der Waals surface area contributed by atoms with Gasteiger partial charge >= 0.3 is 0 Å². The molecule has 10 heteroatoms. The highest BCUT2D eigenvalue weighted by atomic mass is 127. The van der Waals surface area contributed by atoms with Gasteiger partial charge in [-0.2, -0.15) is 4.98 Å². The Labute approximate surface area is 132 Å². The lowest BCUT2D eigenvalue weighted by atomic mass is 10.4. The number of aliphatic hydroxyl groups is 2. The summed E-state index contributed by atoms with van der Waals surface area (Å²) in [7, 11) is 1.70. The zero-order valence-electron chi connectivity index (χ0n) is 10.9. The van der Waals surface area contributed by atoms with Crippen LogP contribution in [0.15, 0.2) is 4.79 Å². The molecule has 2 heterocycles. The Kier molecular flexibility index (Phi) is 5.98. The monoisotopic (exact) mass is 398 g/mol. The molecule has 20 heavy (non-hydrogen) atoms. The van der Waals surface area contributed by atoms with Gasteiger partial charge in [-0.25, -0.2) is 0 Å². The Morgan fingerprint density at radius 3 is 2.95 bits per heavy atom. The van der Waals surface area contributed by atoms with Gasteiger partial charge < -0.3 is 49.6 Å². The molecule has 0 saturated heterocycles. The zero-order valence-corrected chi connectivity index (χ0v) is 13.1. The van der Waals surface area contributed by atoms with Crippen LogP contribution in [0.2, 0.25) is 0 Å². The summed E-state index contributed by atoms with van der Waals surface area (Å²) in [5.74, 6) is 0.256. The molecule has 1 aliphatic rings. The first-order valence-corrected chi connectivity index (χ1v) is 5.82. The molecule has 9 nitrogen and oxygen atoms in total. The number of aliphatic hydroxyl groups excluding tert-OH is 2. The number of H-pyrrole nitrogens is 1. The predicted molar refractivity (Wildman–Crippen MR) is 68.7 cm³/mol. The Bertz CT molecular complexity index is 511. The molecule has 2 rings (SSSR count). The van der Waals surface area contributed by atoms with Crippen molar-refractivity contribution in [1.82, 2.24) is 9.97 Å². The molecular weight excluding hydrogens is 381 g/mol. The molecule has 1 unspecified atom stereocenters. The molecule has 1 atom stereocenters. The first-order chi connectivity index (χ1) is 9.04. The van der Waals surface area contributed by atoms with Gasteiger partial charge in [0.15, 0.2) is 5.82 Å². The molecule has 0 aromatic carbocycles. The lowest BCUT2D eigenvalue weighted by Gasteiger charge is -2.24. The molecule has 0 spiro atoms. The first-order valence-electron chi connectivity index (χ1n) is 5.82. The van der Waals surface area contributed by atoms with Crippen LogP contribution in [-0.4, -0.2) is 53.5 Å². The summed E-state index contributed by atoms with van der Waals surface area (Å²) in [6, 6.07) is 0. The van der Waals surface area contributed by atoms with Gasteiger partial charge in [-0.3, -0.25) is 14.7 Å².